The molecule has 1 saturated heterocycles. The lowest BCUT2D eigenvalue weighted by Gasteiger charge is -2.16. The molecule has 0 saturated carbocycles. The molecule has 90 valence electrons. The van der Waals surface area contributed by atoms with E-state index in [9.17, 15) is 20.0 Å². The van der Waals surface area contributed by atoms with E-state index in [1.54, 1.807) is 0 Å². The fourth-order valence-corrected chi connectivity index (χ4v) is 1.96. The monoisotopic (exact) mass is 256 g/mol. The Morgan fingerprint density at radius 2 is 2.24 bits per heavy atom. The van der Waals surface area contributed by atoms with E-state index in [4.69, 9.17) is 11.6 Å². The van der Waals surface area contributed by atoms with Crippen molar-refractivity contribution in [2.24, 2.45) is 0 Å². The summed E-state index contributed by atoms with van der Waals surface area (Å²) in [6.07, 6.45) is -0.739. The number of nitro benzene ring substituents is 1. The minimum atomic E-state index is -0.752. The number of non-ortho nitro benzene ring substituents is 1. The molecule has 1 amide bonds. The minimum Gasteiger partial charge on any atom is -0.391 e. The van der Waals surface area contributed by atoms with Crippen LogP contribution in [0.5, 0.6) is 0 Å². The second-order valence-corrected chi connectivity index (χ2v) is 4.16. The van der Waals surface area contributed by atoms with Crippen LogP contribution in [-0.4, -0.2) is 28.6 Å². The predicted molar refractivity (Wildman–Crippen MR) is 61.1 cm³/mol. The van der Waals surface area contributed by atoms with Crippen LogP contribution in [0.1, 0.15) is 6.42 Å². The molecule has 1 aliphatic rings. The Morgan fingerprint density at radius 3 is 2.76 bits per heavy atom. The maximum atomic E-state index is 11.6. The average molecular weight is 257 g/mol. The van der Waals surface area contributed by atoms with E-state index in [2.05, 4.69) is 0 Å². The zero-order valence-electron chi connectivity index (χ0n) is 8.67. The third kappa shape index (κ3) is 2.22. The van der Waals surface area contributed by atoms with Crippen molar-refractivity contribution in [2.45, 2.75) is 12.5 Å². The Morgan fingerprint density at radius 1 is 1.53 bits per heavy atom. The van der Waals surface area contributed by atoms with Crippen LogP contribution in [-0.2, 0) is 4.79 Å². The van der Waals surface area contributed by atoms with Gasteiger partial charge in [-0.05, 0) is 6.07 Å². The van der Waals surface area contributed by atoms with E-state index in [-0.39, 0.29) is 35.3 Å². The van der Waals surface area contributed by atoms with Crippen molar-refractivity contribution in [3.05, 3.63) is 33.3 Å². The zero-order valence-corrected chi connectivity index (χ0v) is 9.42. The molecule has 0 aromatic heterocycles. The molecule has 1 fully saturated rings. The number of β-amino-alcohol motifs (C(OH)–C–C–N with tert-alkyl or cyclic N) is 1. The van der Waals surface area contributed by atoms with Gasteiger partial charge in [0.05, 0.1) is 34.7 Å². The molecule has 1 heterocycles. The number of carbonyl (C=O) groups is 1. The summed E-state index contributed by atoms with van der Waals surface area (Å²) in [6, 6.07) is 3.87. The van der Waals surface area contributed by atoms with Crippen molar-refractivity contribution in [2.75, 3.05) is 11.4 Å². The third-order valence-corrected chi connectivity index (χ3v) is 2.86. The molecule has 0 aliphatic carbocycles. The molecule has 0 radical (unpaired) electrons. The van der Waals surface area contributed by atoms with E-state index in [0.29, 0.717) is 0 Å². The second-order valence-electron chi connectivity index (χ2n) is 3.76. The largest absolute Gasteiger partial charge is 0.391 e. The number of aliphatic hydroxyl groups is 1. The van der Waals surface area contributed by atoms with E-state index in [0.717, 1.165) is 0 Å². The van der Waals surface area contributed by atoms with Gasteiger partial charge in [0.2, 0.25) is 5.91 Å². The molecule has 1 aliphatic heterocycles. The molecule has 1 unspecified atom stereocenters. The van der Waals surface area contributed by atoms with Crippen molar-refractivity contribution in [1.82, 2.24) is 0 Å². The first-order valence-corrected chi connectivity index (χ1v) is 5.29. The first kappa shape index (κ1) is 11.8. The van der Waals surface area contributed by atoms with Crippen LogP contribution in [0, 0.1) is 10.1 Å². The maximum absolute atomic E-state index is 11.6. The summed E-state index contributed by atoms with van der Waals surface area (Å²) in [6.45, 7) is 0.111. The van der Waals surface area contributed by atoms with Crippen LogP contribution >= 0.6 is 11.6 Å². The number of anilines is 1. The number of hydrogen-bond donors (Lipinski definition) is 1. The molecule has 6 nitrogen and oxygen atoms in total. The normalized spacial score (nSPS) is 19.8. The summed E-state index contributed by atoms with van der Waals surface area (Å²) in [5.74, 6) is -0.292. The van der Waals surface area contributed by atoms with Crippen LogP contribution < -0.4 is 4.90 Å². The standard InChI is InChI=1S/C10H9ClN2O4/c11-8-2-1-6(13(16)17)3-9(8)12-5-7(14)4-10(12)15/h1-3,7,14H,4-5H2. The lowest BCUT2D eigenvalue weighted by molar-refractivity contribution is -0.384. The Hall–Kier alpha value is -1.66. The van der Waals surface area contributed by atoms with Gasteiger partial charge in [-0.2, -0.15) is 0 Å². The van der Waals surface area contributed by atoms with Crippen molar-refractivity contribution in [1.29, 1.82) is 0 Å². The van der Waals surface area contributed by atoms with Crippen LogP contribution in [0.4, 0.5) is 11.4 Å². The van der Waals surface area contributed by atoms with Crippen LogP contribution in [0.15, 0.2) is 18.2 Å². The summed E-state index contributed by atoms with van der Waals surface area (Å²) >= 11 is 5.90. The number of rotatable bonds is 2. The minimum absolute atomic E-state index is 0.0129. The van der Waals surface area contributed by atoms with Gasteiger partial charge in [0.15, 0.2) is 0 Å². The number of halogens is 1. The SMILES string of the molecule is O=C1CC(O)CN1c1cc([N+](=O)[O-])ccc1Cl. The topological polar surface area (TPSA) is 83.7 Å². The van der Waals surface area contributed by atoms with Crippen molar-refractivity contribution in [3.63, 3.8) is 0 Å². The molecule has 2 rings (SSSR count). The van der Waals surface area contributed by atoms with Gasteiger partial charge in [-0.25, -0.2) is 0 Å². The summed E-state index contributed by atoms with van der Waals surface area (Å²) in [4.78, 5) is 22.9. The summed E-state index contributed by atoms with van der Waals surface area (Å²) < 4.78 is 0. The van der Waals surface area contributed by atoms with Crippen LogP contribution in [0.3, 0.4) is 0 Å². The lowest BCUT2D eigenvalue weighted by atomic mass is 10.2. The lowest BCUT2D eigenvalue weighted by Crippen LogP contribution is -2.25. The first-order chi connectivity index (χ1) is 7.99. The van der Waals surface area contributed by atoms with E-state index in [1.807, 2.05) is 0 Å². The molecule has 1 aromatic rings. The van der Waals surface area contributed by atoms with E-state index >= 15 is 0 Å². The molecule has 7 heteroatoms. The van der Waals surface area contributed by atoms with Crippen LogP contribution in [0.25, 0.3) is 0 Å². The number of hydrogen-bond acceptors (Lipinski definition) is 4. The van der Waals surface area contributed by atoms with Gasteiger partial charge >= 0.3 is 0 Å². The Bertz CT molecular complexity index is 491. The molecule has 1 aromatic carbocycles. The average Bonchev–Trinajstić information content (AvgIpc) is 2.58. The summed E-state index contributed by atoms with van der Waals surface area (Å²) in [7, 11) is 0. The molecular weight excluding hydrogens is 248 g/mol. The first-order valence-electron chi connectivity index (χ1n) is 4.91. The van der Waals surface area contributed by atoms with Gasteiger partial charge in [-0.1, -0.05) is 11.6 Å². The second kappa shape index (κ2) is 4.31. The molecular formula is C10H9ClN2O4. The molecule has 17 heavy (non-hydrogen) atoms. The molecule has 1 N–H and O–H groups in total. The van der Waals surface area contributed by atoms with Crippen molar-refractivity contribution < 1.29 is 14.8 Å². The molecule has 0 bridgehead atoms. The fraction of sp³-hybridized carbons (Fsp3) is 0.300. The molecule has 0 spiro atoms. The Labute approximate surface area is 102 Å². The number of carbonyl (C=O) groups excluding carboxylic acids is 1. The van der Waals surface area contributed by atoms with Crippen molar-refractivity contribution >= 4 is 28.9 Å². The van der Waals surface area contributed by atoms with Gasteiger partial charge in [-0.15, -0.1) is 0 Å². The van der Waals surface area contributed by atoms with Gasteiger partial charge in [0, 0.05) is 12.1 Å². The number of nitrogens with zero attached hydrogens (tertiary/aromatic N) is 2. The highest BCUT2D eigenvalue weighted by Gasteiger charge is 2.31. The number of amides is 1. The van der Waals surface area contributed by atoms with E-state index in [1.165, 1.54) is 23.1 Å². The summed E-state index contributed by atoms with van der Waals surface area (Å²) in [5.41, 5.74) is 0.126. The third-order valence-electron chi connectivity index (χ3n) is 2.54. The maximum Gasteiger partial charge on any atom is 0.271 e. The highest BCUT2D eigenvalue weighted by molar-refractivity contribution is 6.34. The predicted octanol–water partition coefficient (Wildman–Crippen LogP) is 1.35. The number of benzene rings is 1. The van der Waals surface area contributed by atoms with Gasteiger partial charge in [0.25, 0.3) is 5.69 Å². The van der Waals surface area contributed by atoms with E-state index < -0.39 is 11.0 Å². The number of nitro groups is 1. The quantitative estimate of drug-likeness (QED) is 0.639. The molecule has 1 atom stereocenters. The van der Waals surface area contributed by atoms with Gasteiger partial charge in [0.1, 0.15) is 0 Å². The Kier molecular flexibility index (Phi) is 2.99. The van der Waals surface area contributed by atoms with Crippen LogP contribution in [0.2, 0.25) is 5.02 Å². The van der Waals surface area contributed by atoms with Gasteiger partial charge < -0.3 is 10.0 Å². The fourth-order valence-electron chi connectivity index (χ4n) is 1.74. The smallest absolute Gasteiger partial charge is 0.271 e. The number of aliphatic hydroxyl groups excluding tert-OH is 1. The van der Waals surface area contributed by atoms with Crippen molar-refractivity contribution in [3.8, 4) is 0 Å². The highest BCUT2D eigenvalue weighted by atomic mass is 35.5. The zero-order chi connectivity index (χ0) is 12.6. The highest BCUT2D eigenvalue weighted by Crippen LogP contribution is 2.32. The Balaban J connectivity index is 2.41. The van der Waals surface area contributed by atoms with Gasteiger partial charge in [-0.3, -0.25) is 14.9 Å². The summed E-state index contributed by atoms with van der Waals surface area (Å²) in [5, 5.41) is 20.2.